The Morgan fingerprint density at radius 2 is 2.06 bits per heavy atom. The van der Waals surface area contributed by atoms with Crippen LogP contribution in [0.5, 0.6) is 0 Å². The first-order chi connectivity index (χ1) is 7.55. The van der Waals surface area contributed by atoms with Crippen molar-refractivity contribution in [2.24, 2.45) is 0 Å². The second-order valence-electron chi connectivity index (χ2n) is 4.03. The van der Waals surface area contributed by atoms with Crippen LogP contribution in [0.25, 0.3) is 0 Å². The molecule has 0 unspecified atom stereocenters. The lowest BCUT2D eigenvalue weighted by Gasteiger charge is -2.25. The number of hydrogen-bond donors (Lipinski definition) is 4. The Morgan fingerprint density at radius 1 is 1.38 bits per heavy atom. The molecule has 0 saturated carbocycles. The van der Waals surface area contributed by atoms with Crippen LogP contribution in [0, 0.1) is 0 Å². The van der Waals surface area contributed by atoms with Crippen LogP contribution in [-0.4, -0.2) is 64.3 Å². The Hall–Kier alpha value is -0.240. The monoisotopic (exact) mass is 236 g/mol. The van der Waals surface area contributed by atoms with Gasteiger partial charge in [0, 0.05) is 6.61 Å². The molecule has 0 spiro atoms. The van der Waals surface area contributed by atoms with E-state index in [1.807, 2.05) is 6.92 Å². The molecule has 1 rings (SSSR count). The molecule has 0 aromatic carbocycles. The van der Waals surface area contributed by atoms with Crippen molar-refractivity contribution in [2.45, 2.75) is 43.9 Å². The van der Waals surface area contributed by atoms with Gasteiger partial charge in [0.05, 0.1) is 6.61 Å². The number of unbranched alkanes of at least 4 members (excludes halogenated alkanes) is 1. The molecule has 6 heteroatoms. The van der Waals surface area contributed by atoms with Gasteiger partial charge in [-0.05, 0) is 6.42 Å². The largest absolute Gasteiger partial charge is 0.394 e. The van der Waals surface area contributed by atoms with Gasteiger partial charge in [-0.25, -0.2) is 0 Å². The quantitative estimate of drug-likeness (QED) is 0.424. The van der Waals surface area contributed by atoms with Gasteiger partial charge in [-0.15, -0.1) is 0 Å². The van der Waals surface area contributed by atoms with Crippen molar-refractivity contribution in [3.8, 4) is 0 Å². The number of rotatable bonds is 6. The lowest BCUT2D eigenvalue weighted by atomic mass is 10.1. The van der Waals surface area contributed by atoms with Gasteiger partial charge in [0.2, 0.25) is 5.79 Å². The smallest absolute Gasteiger partial charge is 0.219 e. The first-order valence-electron chi connectivity index (χ1n) is 5.50. The molecule has 0 bridgehead atoms. The second-order valence-corrected chi connectivity index (χ2v) is 4.03. The van der Waals surface area contributed by atoms with Gasteiger partial charge in [-0.3, -0.25) is 0 Å². The van der Waals surface area contributed by atoms with Crippen LogP contribution in [0.1, 0.15) is 19.8 Å². The van der Waals surface area contributed by atoms with E-state index in [1.165, 1.54) is 0 Å². The predicted octanol–water partition coefficient (Wildman–Crippen LogP) is -1.40. The summed E-state index contributed by atoms with van der Waals surface area (Å²) in [4.78, 5) is 0. The van der Waals surface area contributed by atoms with Gasteiger partial charge in [-0.2, -0.15) is 0 Å². The van der Waals surface area contributed by atoms with Crippen molar-refractivity contribution >= 4 is 0 Å². The zero-order valence-corrected chi connectivity index (χ0v) is 9.37. The Morgan fingerprint density at radius 3 is 2.56 bits per heavy atom. The van der Waals surface area contributed by atoms with Crippen LogP contribution in [0.2, 0.25) is 0 Å². The summed E-state index contributed by atoms with van der Waals surface area (Å²) in [5, 5.41) is 37.7. The molecule has 0 aliphatic carbocycles. The highest BCUT2D eigenvalue weighted by molar-refractivity contribution is 4.95. The first kappa shape index (κ1) is 13.8. The number of hydrogen-bond acceptors (Lipinski definition) is 6. The van der Waals surface area contributed by atoms with Crippen molar-refractivity contribution in [3.05, 3.63) is 0 Å². The average molecular weight is 236 g/mol. The fourth-order valence-corrected chi connectivity index (χ4v) is 1.60. The molecule has 1 aliphatic heterocycles. The lowest BCUT2D eigenvalue weighted by molar-refractivity contribution is -0.255. The molecule has 1 saturated heterocycles. The van der Waals surface area contributed by atoms with Crippen molar-refractivity contribution in [2.75, 3.05) is 19.8 Å². The van der Waals surface area contributed by atoms with E-state index in [2.05, 4.69) is 0 Å². The summed E-state index contributed by atoms with van der Waals surface area (Å²) in [6.07, 6.45) is -1.94. The van der Waals surface area contributed by atoms with Crippen LogP contribution >= 0.6 is 0 Å². The van der Waals surface area contributed by atoms with E-state index in [-0.39, 0.29) is 6.61 Å². The minimum atomic E-state index is -1.93. The summed E-state index contributed by atoms with van der Waals surface area (Å²) < 4.78 is 10.1. The Balaban J connectivity index is 2.44. The molecule has 6 nitrogen and oxygen atoms in total. The summed E-state index contributed by atoms with van der Waals surface area (Å²) in [6, 6.07) is 0. The molecule has 1 fully saturated rings. The van der Waals surface area contributed by atoms with Crippen LogP contribution in [-0.2, 0) is 9.47 Å². The van der Waals surface area contributed by atoms with E-state index in [9.17, 15) is 15.3 Å². The maximum Gasteiger partial charge on any atom is 0.219 e. The van der Waals surface area contributed by atoms with Crippen LogP contribution in [0.3, 0.4) is 0 Å². The molecule has 0 aromatic heterocycles. The van der Waals surface area contributed by atoms with E-state index in [0.29, 0.717) is 6.61 Å². The van der Waals surface area contributed by atoms with E-state index >= 15 is 0 Å². The summed E-state index contributed by atoms with van der Waals surface area (Å²) in [5.41, 5.74) is 0. The zero-order valence-electron chi connectivity index (χ0n) is 9.37. The highest BCUT2D eigenvalue weighted by atomic mass is 16.7. The van der Waals surface area contributed by atoms with Crippen LogP contribution < -0.4 is 0 Å². The van der Waals surface area contributed by atoms with Crippen molar-refractivity contribution < 1.29 is 29.9 Å². The van der Waals surface area contributed by atoms with Crippen LogP contribution in [0.15, 0.2) is 0 Å². The Bertz CT molecular complexity index is 211. The van der Waals surface area contributed by atoms with Crippen molar-refractivity contribution in [1.82, 2.24) is 0 Å². The third kappa shape index (κ3) is 2.91. The Labute approximate surface area is 94.4 Å². The second kappa shape index (κ2) is 5.90. The van der Waals surface area contributed by atoms with Gasteiger partial charge in [0.25, 0.3) is 0 Å². The molecule has 0 aromatic rings. The highest BCUT2D eigenvalue weighted by Crippen LogP contribution is 2.29. The fourth-order valence-electron chi connectivity index (χ4n) is 1.60. The molecular weight excluding hydrogens is 216 g/mol. The fraction of sp³-hybridized carbons (Fsp3) is 1.00. The summed E-state index contributed by atoms with van der Waals surface area (Å²) >= 11 is 0. The van der Waals surface area contributed by atoms with Crippen molar-refractivity contribution in [3.63, 3.8) is 0 Å². The molecule has 0 radical (unpaired) electrons. The summed E-state index contributed by atoms with van der Waals surface area (Å²) in [7, 11) is 0. The van der Waals surface area contributed by atoms with Crippen molar-refractivity contribution in [1.29, 1.82) is 0 Å². The molecular formula is C10H20O6. The number of aliphatic hydroxyl groups excluding tert-OH is 3. The topological polar surface area (TPSA) is 99.4 Å². The average Bonchev–Trinajstić information content (AvgIpc) is 2.50. The summed E-state index contributed by atoms with van der Waals surface area (Å²) in [5.74, 6) is -1.93. The van der Waals surface area contributed by atoms with E-state index < -0.39 is 30.7 Å². The maximum absolute atomic E-state index is 9.86. The van der Waals surface area contributed by atoms with Gasteiger partial charge in [0.1, 0.15) is 24.9 Å². The van der Waals surface area contributed by atoms with Gasteiger partial charge in [0.15, 0.2) is 0 Å². The third-order valence-corrected chi connectivity index (χ3v) is 2.65. The zero-order chi connectivity index (χ0) is 12.2. The maximum atomic E-state index is 9.86. The molecule has 4 atom stereocenters. The molecule has 1 aliphatic rings. The third-order valence-electron chi connectivity index (χ3n) is 2.65. The molecule has 1 heterocycles. The van der Waals surface area contributed by atoms with Gasteiger partial charge >= 0.3 is 0 Å². The minimum absolute atomic E-state index is 0.221. The number of aliphatic hydroxyl groups is 4. The first-order valence-corrected chi connectivity index (χ1v) is 5.50. The van der Waals surface area contributed by atoms with Gasteiger partial charge < -0.3 is 29.9 Å². The SMILES string of the molecule is CCCCOC[C@]1(O)O[C@H](CO)[C@@H](O)[C@@H]1O. The minimum Gasteiger partial charge on any atom is -0.394 e. The van der Waals surface area contributed by atoms with Gasteiger partial charge in [-0.1, -0.05) is 13.3 Å². The highest BCUT2D eigenvalue weighted by Gasteiger charge is 2.53. The van der Waals surface area contributed by atoms with E-state index in [0.717, 1.165) is 12.8 Å². The molecule has 96 valence electrons. The number of ether oxygens (including phenoxy) is 2. The lowest BCUT2D eigenvalue weighted by Crippen LogP contribution is -2.47. The van der Waals surface area contributed by atoms with E-state index in [1.54, 1.807) is 0 Å². The molecule has 0 amide bonds. The van der Waals surface area contributed by atoms with E-state index in [4.69, 9.17) is 14.6 Å². The Kier molecular flexibility index (Phi) is 5.10. The predicted molar refractivity (Wildman–Crippen MR) is 54.6 cm³/mol. The standard InChI is InChI=1S/C10H20O6/c1-2-3-4-15-6-10(14)9(13)8(12)7(5-11)16-10/h7-9,11-14H,2-6H2,1H3/t7-,8-,9+,10+/m1/s1. The van der Waals surface area contributed by atoms with Crippen LogP contribution in [0.4, 0.5) is 0 Å². The normalized spacial score (nSPS) is 39.2. The molecule has 4 N–H and O–H groups in total. The summed E-state index contributed by atoms with van der Waals surface area (Å²) in [6.45, 7) is 1.77. The molecule has 16 heavy (non-hydrogen) atoms.